The molecule has 1 aliphatic carbocycles. The van der Waals surface area contributed by atoms with E-state index >= 15 is 0 Å². The molecule has 15 heavy (non-hydrogen) atoms. The Morgan fingerprint density at radius 1 is 1.13 bits per heavy atom. The average molecular weight is 212 g/mol. The van der Waals surface area contributed by atoms with Crippen molar-refractivity contribution in [2.24, 2.45) is 11.7 Å². The fraction of sp³-hybridized carbons (Fsp3) is 1.00. The number of nitrogens with two attached hydrogens (primary N) is 1. The lowest BCUT2D eigenvalue weighted by atomic mass is 9.91. The first-order chi connectivity index (χ1) is 7.29. The smallest absolute Gasteiger partial charge is 0.0434 e. The molecule has 3 nitrogen and oxygen atoms in total. The third-order valence-electron chi connectivity index (χ3n) is 4.11. The highest BCUT2D eigenvalue weighted by molar-refractivity contribution is 4.85. The van der Waals surface area contributed by atoms with Gasteiger partial charge >= 0.3 is 0 Å². The van der Waals surface area contributed by atoms with Gasteiger partial charge in [-0.2, -0.15) is 0 Å². The van der Waals surface area contributed by atoms with Gasteiger partial charge in [0, 0.05) is 25.2 Å². The molecule has 1 unspecified atom stereocenters. The molecule has 0 bridgehead atoms. The molecule has 0 aromatic carbocycles. The molecule has 1 saturated heterocycles. The third kappa shape index (κ3) is 2.92. The number of aliphatic hydroxyl groups is 1. The van der Waals surface area contributed by atoms with Gasteiger partial charge in [-0.3, -0.25) is 0 Å². The maximum Gasteiger partial charge on any atom is 0.0434 e. The van der Waals surface area contributed by atoms with Crippen LogP contribution in [0.3, 0.4) is 0 Å². The van der Waals surface area contributed by atoms with E-state index in [0.717, 1.165) is 18.4 Å². The highest BCUT2D eigenvalue weighted by atomic mass is 16.3. The van der Waals surface area contributed by atoms with Gasteiger partial charge in [-0.25, -0.2) is 0 Å². The summed E-state index contributed by atoms with van der Waals surface area (Å²) >= 11 is 0. The zero-order valence-electron chi connectivity index (χ0n) is 9.57. The summed E-state index contributed by atoms with van der Waals surface area (Å²) in [6.07, 6.45) is 7.24. The monoisotopic (exact) mass is 212 g/mol. The van der Waals surface area contributed by atoms with Crippen LogP contribution >= 0.6 is 0 Å². The van der Waals surface area contributed by atoms with Gasteiger partial charge in [0.1, 0.15) is 0 Å². The minimum Gasteiger partial charge on any atom is -0.396 e. The minimum atomic E-state index is 0.355. The molecule has 2 rings (SSSR count). The molecular formula is C12H24N2O. The van der Waals surface area contributed by atoms with Gasteiger partial charge in [0.2, 0.25) is 0 Å². The van der Waals surface area contributed by atoms with Crippen molar-refractivity contribution >= 4 is 0 Å². The molecule has 0 spiro atoms. The predicted molar refractivity (Wildman–Crippen MR) is 61.6 cm³/mol. The van der Waals surface area contributed by atoms with Crippen molar-refractivity contribution in [3.63, 3.8) is 0 Å². The summed E-state index contributed by atoms with van der Waals surface area (Å²) in [6.45, 7) is 2.80. The molecule has 2 fully saturated rings. The Labute approximate surface area is 92.6 Å². The van der Waals surface area contributed by atoms with E-state index in [1.54, 1.807) is 0 Å². The second-order valence-corrected chi connectivity index (χ2v) is 5.23. The van der Waals surface area contributed by atoms with E-state index in [1.807, 2.05) is 0 Å². The zero-order valence-corrected chi connectivity index (χ0v) is 9.57. The Morgan fingerprint density at radius 3 is 2.53 bits per heavy atom. The quantitative estimate of drug-likeness (QED) is 0.732. The number of aliphatic hydroxyl groups excluding tert-OH is 1. The van der Waals surface area contributed by atoms with Crippen LogP contribution in [0, 0.1) is 5.92 Å². The molecule has 1 aliphatic heterocycles. The summed E-state index contributed by atoms with van der Waals surface area (Å²) in [4.78, 5) is 2.63. The van der Waals surface area contributed by atoms with Crippen molar-refractivity contribution in [1.82, 2.24) is 4.90 Å². The van der Waals surface area contributed by atoms with Crippen LogP contribution in [0.15, 0.2) is 0 Å². The van der Waals surface area contributed by atoms with Crippen molar-refractivity contribution in [3.8, 4) is 0 Å². The molecular weight excluding hydrogens is 188 g/mol. The highest BCUT2D eigenvalue weighted by Gasteiger charge is 2.29. The van der Waals surface area contributed by atoms with Crippen LogP contribution in [0.25, 0.3) is 0 Å². The molecule has 1 atom stereocenters. The molecule has 3 N–H and O–H groups in total. The predicted octanol–water partition coefficient (Wildman–Crippen LogP) is 0.961. The van der Waals surface area contributed by atoms with Gasteiger partial charge in [-0.05, 0) is 51.0 Å². The maximum atomic E-state index is 8.92. The summed E-state index contributed by atoms with van der Waals surface area (Å²) in [7, 11) is 0. The van der Waals surface area contributed by atoms with E-state index in [9.17, 15) is 0 Å². The second kappa shape index (κ2) is 5.28. The maximum absolute atomic E-state index is 8.92. The first-order valence-corrected chi connectivity index (χ1v) is 6.40. The fourth-order valence-electron chi connectivity index (χ4n) is 3.08. The van der Waals surface area contributed by atoms with E-state index < -0.39 is 0 Å². The van der Waals surface area contributed by atoms with Gasteiger partial charge in [-0.15, -0.1) is 0 Å². The van der Waals surface area contributed by atoms with Crippen LogP contribution in [0.5, 0.6) is 0 Å². The van der Waals surface area contributed by atoms with Crippen molar-refractivity contribution in [3.05, 3.63) is 0 Å². The fourth-order valence-corrected chi connectivity index (χ4v) is 3.08. The zero-order chi connectivity index (χ0) is 10.7. The summed E-state index contributed by atoms with van der Waals surface area (Å²) in [6, 6.07) is 1.24. The first kappa shape index (κ1) is 11.4. The Morgan fingerprint density at radius 2 is 1.87 bits per heavy atom. The Kier molecular flexibility index (Phi) is 4.00. The lowest BCUT2D eigenvalue weighted by molar-refractivity contribution is 0.172. The number of hydrogen-bond acceptors (Lipinski definition) is 3. The molecule has 0 aromatic rings. The van der Waals surface area contributed by atoms with Crippen LogP contribution in [-0.4, -0.2) is 41.8 Å². The van der Waals surface area contributed by atoms with E-state index in [1.165, 1.54) is 45.2 Å². The van der Waals surface area contributed by atoms with Gasteiger partial charge in [0.15, 0.2) is 0 Å². The largest absolute Gasteiger partial charge is 0.396 e. The van der Waals surface area contributed by atoms with Crippen molar-refractivity contribution in [1.29, 1.82) is 0 Å². The number of nitrogens with zero attached hydrogens (tertiary/aromatic N) is 1. The normalized spacial score (nSPS) is 38.4. The lowest BCUT2D eigenvalue weighted by Gasteiger charge is -2.33. The summed E-state index contributed by atoms with van der Waals surface area (Å²) in [5, 5.41) is 8.92. The Bertz CT molecular complexity index is 190. The van der Waals surface area contributed by atoms with Crippen LogP contribution in [-0.2, 0) is 0 Å². The van der Waals surface area contributed by atoms with Crippen molar-refractivity contribution in [2.75, 3.05) is 19.7 Å². The molecule has 1 saturated carbocycles. The van der Waals surface area contributed by atoms with Gasteiger partial charge < -0.3 is 15.7 Å². The molecule has 0 amide bonds. The standard InChI is InChI=1S/C12H24N2O/c13-11-1-3-12(4-2-11)14-7-5-10(9-14)6-8-15/h10-12,15H,1-9,13H2. The number of rotatable bonds is 3. The molecule has 0 aromatic heterocycles. The minimum absolute atomic E-state index is 0.355. The number of hydrogen-bond donors (Lipinski definition) is 2. The van der Waals surface area contributed by atoms with E-state index in [4.69, 9.17) is 10.8 Å². The van der Waals surface area contributed by atoms with E-state index in [-0.39, 0.29) is 0 Å². The average Bonchev–Trinajstić information content (AvgIpc) is 2.68. The molecule has 1 heterocycles. The molecule has 88 valence electrons. The molecule has 0 radical (unpaired) electrons. The van der Waals surface area contributed by atoms with Crippen LogP contribution in [0.1, 0.15) is 38.5 Å². The third-order valence-corrected chi connectivity index (χ3v) is 4.11. The summed E-state index contributed by atoms with van der Waals surface area (Å²) in [5.74, 6) is 0.741. The van der Waals surface area contributed by atoms with E-state index in [0.29, 0.717) is 12.6 Å². The van der Waals surface area contributed by atoms with Gasteiger partial charge in [0.25, 0.3) is 0 Å². The molecule has 2 aliphatic rings. The van der Waals surface area contributed by atoms with Crippen LogP contribution < -0.4 is 5.73 Å². The van der Waals surface area contributed by atoms with Crippen LogP contribution in [0.2, 0.25) is 0 Å². The van der Waals surface area contributed by atoms with Gasteiger partial charge in [0.05, 0.1) is 0 Å². The summed E-state index contributed by atoms with van der Waals surface area (Å²) < 4.78 is 0. The molecule has 3 heteroatoms. The number of likely N-dealkylation sites (tertiary alicyclic amines) is 1. The van der Waals surface area contributed by atoms with Crippen molar-refractivity contribution < 1.29 is 5.11 Å². The second-order valence-electron chi connectivity index (χ2n) is 5.23. The topological polar surface area (TPSA) is 49.5 Å². The van der Waals surface area contributed by atoms with Gasteiger partial charge in [-0.1, -0.05) is 0 Å². The lowest BCUT2D eigenvalue weighted by Crippen LogP contribution is -2.39. The Balaban J connectivity index is 1.75. The first-order valence-electron chi connectivity index (χ1n) is 6.40. The SMILES string of the molecule is NC1CCC(N2CCC(CCO)C2)CC1. The highest BCUT2D eigenvalue weighted by Crippen LogP contribution is 2.28. The van der Waals surface area contributed by atoms with E-state index in [2.05, 4.69) is 4.90 Å². The van der Waals surface area contributed by atoms with Crippen LogP contribution in [0.4, 0.5) is 0 Å². The van der Waals surface area contributed by atoms with Crippen molar-refractivity contribution in [2.45, 2.75) is 50.6 Å². The summed E-state index contributed by atoms with van der Waals surface area (Å²) in [5.41, 5.74) is 5.92. The Hall–Kier alpha value is -0.120.